The predicted molar refractivity (Wildman–Crippen MR) is 138 cm³/mol. The first-order valence-corrected chi connectivity index (χ1v) is 12.0. The van der Waals surface area contributed by atoms with Gasteiger partial charge in [-0.3, -0.25) is 0 Å². The highest BCUT2D eigenvalue weighted by atomic mass is 16.5. The third kappa shape index (κ3) is 3.77. The molecule has 0 aliphatic heterocycles. The molecule has 0 saturated heterocycles. The van der Waals surface area contributed by atoms with Crippen LogP contribution in [0.3, 0.4) is 0 Å². The molecule has 4 heteroatoms. The fourth-order valence-electron chi connectivity index (χ4n) is 6.44. The summed E-state index contributed by atoms with van der Waals surface area (Å²) in [5.74, 6) is 2.47. The summed E-state index contributed by atoms with van der Waals surface area (Å²) in [6.45, 7) is 17.8. The number of rotatable bonds is 9. The lowest BCUT2D eigenvalue weighted by Gasteiger charge is -2.31. The average molecular weight is 463 g/mol. The van der Waals surface area contributed by atoms with Crippen molar-refractivity contribution in [3.05, 3.63) is 77.6 Å². The van der Waals surface area contributed by atoms with Gasteiger partial charge in [0.2, 0.25) is 0 Å². The van der Waals surface area contributed by atoms with Gasteiger partial charge in [0.1, 0.15) is 19.0 Å². The summed E-state index contributed by atoms with van der Waals surface area (Å²) < 4.78 is 22.9. The van der Waals surface area contributed by atoms with Crippen molar-refractivity contribution in [1.82, 2.24) is 0 Å². The summed E-state index contributed by atoms with van der Waals surface area (Å²) in [5, 5.41) is 0. The van der Waals surface area contributed by atoms with Crippen LogP contribution < -0.4 is 14.2 Å². The molecule has 1 unspecified atom stereocenters. The Balaban J connectivity index is 1.91. The van der Waals surface area contributed by atoms with E-state index in [4.69, 9.17) is 18.9 Å². The molecule has 34 heavy (non-hydrogen) atoms. The summed E-state index contributed by atoms with van der Waals surface area (Å²) in [6.07, 6.45) is 6.25. The van der Waals surface area contributed by atoms with E-state index < -0.39 is 0 Å². The number of allylic oxidation sites excluding steroid dienone is 1. The van der Waals surface area contributed by atoms with Gasteiger partial charge in [-0.2, -0.15) is 0 Å². The normalized spacial score (nSPS) is 21.0. The Morgan fingerprint density at radius 1 is 0.765 bits per heavy atom. The molecule has 2 aliphatic rings. The van der Waals surface area contributed by atoms with Gasteiger partial charge in [-0.25, -0.2) is 0 Å². The molecule has 0 bridgehead atoms. The number of hydrogen-bond acceptors (Lipinski definition) is 4. The number of benzene rings is 2. The molecule has 0 radical (unpaired) electrons. The Hall–Kier alpha value is -2.88. The third-order valence-corrected chi connectivity index (χ3v) is 7.64. The summed E-state index contributed by atoms with van der Waals surface area (Å²) in [6, 6.07) is 9.05. The summed E-state index contributed by atoms with van der Waals surface area (Å²) >= 11 is 0. The first kappa shape index (κ1) is 24.3. The fraction of sp³-hybridized carbons (Fsp3) is 0.467. The topological polar surface area (TPSA) is 36.9 Å². The minimum absolute atomic E-state index is 0.00329. The van der Waals surface area contributed by atoms with Gasteiger partial charge in [-0.05, 0) is 76.1 Å². The maximum Gasteiger partial charge on any atom is 0.161 e. The highest BCUT2D eigenvalue weighted by Gasteiger charge is 2.56. The Morgan fingerprint density at radius 3 is 1.88 bits per heavy atom. The lowest BCUT2D eigenvalue weighted by atomic mass is 9.72. The van der Waals surface area contributed by atoms with Crippen molar-refractivity contribution in [3.63, 3.8) is 0 Å². The molecule has 0 N–H and O–H groups in total. The largest absolute Gasteiger partial charge is 0.498 e. The second kappa shape index (κ2) is 8.72. The molecule has 0 aromatic heterocycles. The van der Waals surface area contributed by atoms with Crippen molar-refractivity contribution in [3.8, 4) is 17.2 Å². The summed E-state index contributed by atoms with van der Waals surface area (Å²) in [4.78, 5) is 0. The monoisotopic (exact) mass is 462 g/mol. The zero-order valence-corrected chi connectivity index (χ0v) is 21.5. The number of methoxy groups -OCH3 is 2. The van der Waals surface area contributed by atoms with Crippen LogP contribution in [0.1, 0.15) is 68.4 Å². The predicted octanol–water partition coefficient (Wildman–Crippen LogP) is 6.62. The summed E-state index contributed by atoms with van der Waals surface area (Å²) in [5.41, 5.74) is 6.58. The van der Waals surface area contributed by atoms with Gasteiger partial charge in [-0.15, -0.1) is 6.58 Å². The molecular weight excluding hydrogens is 424 g/mol. The van der Waals surface area contributed by atoms with E-state index in [0.717, 1.165) is 36.5 Å². The van der Waals surface area contributed by atoms with Crippen LogP contribution in [0.15, 0.2) is 49.8 Å². The van der Waals surface area contributed by atoms with Gasteiger partial charge in [0.25, 0.3) is 0 Å². The Labute approximate surface area is 204 Å². The molecule has 4 rings (SSSR count). The van der Waals surface area contributed by atoms with Crippen LogP contribution >= 0.6 is 0 Å². The van der Waals surface area contributed by atoms with Crippen molar-refractivity contribution in [1.29, 1.82) is 0 Å². The van der Waals surface area contributed by atoms with Gasteiger partial charge in [-0.1, -0.05) is 46.4 Å². The lowest BCUT2D eigenvalue weighted by Crippen LogP contribution is -2.27. The van der Waals surface area contributed by atoms with Crippen molar-refractivity contribution < 1.29 is 18.9 Å². The second-order valence-electron chi connectivity index (χ2n) is 10.8. The summed E-state index contributed by atoms with van der Waals surface area (Å²) in [7, 11) is 3.46. The Morgan fingerprint density at radius 2 is 1.32 bits per heavy atom. The molecule has 182 valence electrons. The number of hydrogen-bond donors (Lipinski definition) is 0. The molecule has 4 nitrogen and oxygen atoms in total. The van der Waals surface area contributed by atoms with E-state index in [1.807, 2.05) is 6.08 Å². The maximum absolute atomic E-state index is 6.13. The van der Waals surface area contributed by atoms with Crippen LogP contribution in [-0.4, -0.2) is 27.4 Å². The molecular formula is C30H38O4. The van der Waals surface area contributed by atoms with E-state index in [1.165, 1.54) is 34.1 Å². The highest BCUT2D eigenvalue weighted by Crippen LogP contribution is 2.64. The molecule has 0 heterocycles. The maximum atomic E-state index is 6.13. The molecule has 0 saturated carbocycles. The van der Waals surface area contributed by atoms with Crippen molar-refractivity contribution in [2.24, 2.45) is 0 Å². The lowest BCUT2D eigenvalue weighted by molar-refractivity contribution is 0.176. The van der Waals surface area contributed by atoms with Gasteiger partial charge in [0, 0.05) is 5.41 Å². The van der Waals surface area contributed by atoms with E-state index in [9.17, 15) is 0 Å². The second-order valence-corrected chi connectivity index (χ2v) is 10.8. The molecule has 2 aromatic rings. The Bertz CT molecular complexity index is 1110. The first-order valence-electron chi connectivity index (χ1n) is 12.0. The molecule has 0 amide bonds. The SMILES string of the molecule is C=CCc1cc2c(cc1OC)C(C)(C)CC21CC(C)(C)c2cc(OC)c(OCCOC=C)cc21. The Kier molecular flexibility index (Phi) is 6.22. The average Bonchev–Trinajstić information content (AvgIpc) is 3.14. The zero-order chi connectivity index (χ0) is 24.7. The smallest absolute Gasteiger partial charge is 0.161 e. The number of ether oxygens (including phenoxy) is 4. The van der Waals surface area contributed by atoms with Crippen LogP contribution in [0.4, 0.5) is 0 Å². The van der Waals surface area contributed by atoms with E-state index >= 15 is 0 Å². The minimum atomic E-state index is -0.0954. The standard InChI is InChI=1S/C30H38O4/c1-9-11-20-14-23-21(15-25(20)31-7)28(3,4)18-30(23)19-29(5,6)22-16-26(32-8)27(17-24(22)30)34-13-12-33-10-2/h9-10,14-17H,1-2,11-13,18-19H2,3-8H3. The zero-order valence-electron chi connectivity index (χ0n) is 21.5. The van der Waals surface area contributed by atoms with E-state index in [0.29, 0.717) is 13.2 Å². The van der Waals surface area contributed by atoms with E-state index in [-0.39, 0.29) is 16.2 Å². The fourth-order valence-corrected chi connectivity index (χ4v) is 6.44. The van der Waals surface area contributed by atoms with Crippen LogP contribution in [0.5, 0.6) is 17.2 Å². The highest BCUT2D eigenvalue weighted by molar-refractivity contribution is 5.65. The van der Waals surface area contributed by atoms with E-state index in [1.54, 1.807) is 14.2 Å². The van der Waals surface area contributed by atoms with Crippen molar-refractivity contribution in [2.45, 2.75) is 63.2 Å². The molecule has 1 atom stereocenters. The first-order chi connectivity index (χ1) is 16.1. The quantitative estimate of drug-likeness (QED) is 0.238. The van der Waals surface area contributed by atoms with E-state index in [2.05, 4.69) is 65.1 Å². The molecule has 0 fully saturated rings. The number of fused-ring (bicyclic) bond motifs is 4. The van der Waals surface area contributed by atoms with Gasteiger partial charge < -0.3 is 18.9 Å². The minimum Gasteiger partial charge on any atom is -0.498 e. The van der Waals surface area contributed by atoms with Crippen molar-refractivity contribution in [2.75, 3.05) is 27.4 Å². The molecule has 1 spiro atoms. The van der Waals surface area contributed by atoms with Crippen molar-refractivity contribution >= 4 is 0 Å². The van der Waals surface area contributed by atoms with Gasteiger partial charge in [0.15, 0.2) is 11.5 Å². The molecule has 2 aromatic carbocycles. The van der Waals surface area contributed by atoms with Gasteiger partial charge in [0.05, 0.1) is 20.5 Å². The third-order valence-electron chi connectivity index (χ3n) is 7.64. The van der Waals surface area contributed by atoms with Crippen LogP contribution in [-0.2, 0) is 27.4 Å². The van der Waals surface area contributed by atoms with Crippen LogP contribution in [0.25, 0.3) is 0 Å². The van der Waals surface area contributed by atoms with Crippen LogP contribution in [0, 0.1) is 0 Å². The molecule has 2 aliphatic carbocycles. The van der Waals surface area contributed by atoms with Gasteiger partial charge >= 0.3 is 0 Å². The van der Waals surface area contributed by atoms with Crippen LogP contribution in [0.2, 0.25) is 0 Å².